The van der Waals surface area contributed by atoms with Crippen LogP contribution >= 0.6 is 0 Å². The molecule has 27 heavy (non-hydrogen) atoms. The number of aromatic nitrogens is 3. The van der Waals surface area contributed by atoms with Crippen molar-refractivity contribution in [3.05, 3.63) is 71.1 Å². The summed E-state index contributed by atoms with van der Waals surface area (Å²) in [6.45, 7) is 2.83. The fraction of sp³-hybridized carbons (Fsp3) is 0.263. The number of hydrogen-bond acceptors (Lipinski definition) is 6. The Balaban J connectivity index is 1.70. The van der Waals surface area contributed by atoms with Crippen molar-refractivity contribution in [1.82, 2.24) is 20.0 Å². The standard InChI is InChI=1S/C19H20N4O4/c1-12-16(13(2)27-22-12)19(25)26-11-15(24)21-17(14-7-5-4-6-8-14)18-20-9-10-23(18)3/h4-10,17H,11H2,1-3H3,(H,21,24)/t17-/m0/s1. The van der Waals surface area contributed by atoms with Gasteiger partial charge in [-0.1, -0.05) is 35.5 Å². The van der Waals surface area contributed by atoms with Gasteiger partial charge in [-0.15, -0.1) is 0 Å². The van der Waals surface area contributed by atoms with E-state index in [1.54, 1.807) is 26.2 Å². The number of hydrogen-bond donors (Lipinski definition) is 1. The summed E-state index contributed by atoms with van der Waals surface area (Å²) in [7, 11) is 1.85. The first-order valence-corrected chi connectivity index (χ1v) is 8.39. The molecule has 1 N–H and O–H groups in total. The van der Waals surface area contributed by atoms with Crippen molar-refractivity contribution in [3.8, 4) is 0 Å². The van der Waals surface area contributed by atoms with Crippen molar-refractivity contribution >= 4 is 11.9 Å². The second-order valence-electron chi connectivity index (χ2n) is 6.08. The van der Waals surface area contributed by atoms with Crippen molar-refractivity contribution in [3.63, 3.8) is 0 Å². The SMILES string of the molecule is Cc1noc(C)c1C(=O)OCC(=O)N[C@@H](c1ccccc1)c1nccn1C. The number of rotatable bonds is 6. The van der Waals surface area contributed by atoms with E-state index in [1.165, 1.54) is 0 Å². The van der Waals surface area contributed by atoms with Crippen LogP contribution in [0.4, 0.5) is 0 Å². The summed E-state index contributed by atoms with van der Waals surface area (Å²) in [6.07, 6.45) is 3.46. The molecule has 0 saturated carbocycles. The molecule has 8 nitrogen and oxygen atoms in total. The minimum Gasteiger partial charge on any atom is -0.452 e. The fourth-order valence-electron chi connectivity index (χ4n) is 2.78. The van der Waals surface area contributed by atoms with E-state index in [0.717, 1.165) is 5.56 Å². The summed E-state index contributed by atoms with van der Waals surface area (Å²) in [5.41, 5.74) is 1.54. The molecule has 3 aromatic rings. The molecule has 0 aliphatic carbocycles. The van der Waals surface area contributed by atoms with Crippen molar-refractivity contribution in [2.45, 2.75) is 19.9 Å². The van der Waals surface area contributed by atoms with Gasteiger partial charge in [-0.2, -0.15) is 0 Å². The molecular formula is C19H20N4O4. The average Bonchev–Trinajstić information content (AvgIpc) is 3.23. The Morgan fingerprint density at radius 2 is 2.00 bits per heavy atom. The van der Waals surface area contributed by atoms with Crippen LogP contribution in [-0.4, -0.2) is 33.2 Å². The van der Waals surface area contributed by atoms with E-state index in [9.17, 15) is 9.59 Å². The van der Waals surface area contributed by atoms with E-state index < -0.39 is 24.5 Å². The molecule has 8 heteroatoms. The Hall–Kier alpha value is -3.42. The smallest absolute Gasteiger partial charge is 0.344 e. The van der Waals surface area contributed by atoms with Crippen LogP contribution in [0.5, 0.6) is 0 Å². The number of nitrogens with one attached hydrogen (secondary N) is 1. The first-order valence-electron chi connectivity index (χ1n) is 8.39. The molecule has 0 saturated heterocycles. The van der Waals surface area contributed by atoms with Gasteiger partial charge in [0, 0.05) is 19.4 Å². The molecule has 0 radical (unpaired) electrons. The van der Waals surface area contributed by atoms with E-state index in [4.69, 9.17) is 9.26 Å². The third kappa shape index (κ3) is 4.05. The molecule has 2 heterocycles. The predicted molar refractivity (Wildman–Crippen MR) is 95.9 cm³/mol. The maximum atomic E-state index is 12.4. The van der Waals surface area contributed by atoms with Crippen LogP contribution in [0.15, 0.2) is 47.2 Å². The van der Waals surface area contributed by atoms with Crippen LogP contribution in [-0.2, 0) is 16.6 Å². The summed E-state index contributed by atoms with van der Waals surface area (Å²) in [5.74, 6) is -0.0544. The topological polar surface area (TPSA) is 99.2 Å². The molecule has 0 unspecified atom stereocenters. The van der Waals surface area contributed by atoms with E-state index in [1.807, 2.05) is 41.9 Å². The summed E-state index contributed by atoms with van der Waals surface area (Å²) < 4.78 is 11.9. The quantitative estimate of drug-likeness (QED) is 0.669. The number of aryl methyl sites for hydroxylation is 3. The maximum Gasteiger partial charge on any atom is 0.344 e. The Labute approximate surface area is 156 Å². The first-order chi connectivity index (χ1) is 13.0. The van der Waals surface area contributed by atoms with Gasteiger partial charge in [0.2, 0.25) is 0 Å². The van der Waals surface area contributed by atoms with Crippen LogP contribution < -0.4 is 5.32 Å². The summed E-state index contributed by atoms with van der Waals surface area (Å²) in [4.78, 5) is 28.9. The minimum absolute atomic E-state index is 0.242. The van der Waals surface area contributed by atoms with Gasteiger partial charge in [0.05, 0.1) is 5.69 Å². The number of esters is 1. The second-order valence-corrected chi connectivity index (χ2v) is 6.08. The average molecular weight is 368 g/mol. The first kappa shape index (κ1) is 18.4. The summed E-state index contributed by atoms with van der Waals surface area (Å²) in [6, 6.07) is 9.00. The van der Waals surface area contributed by atoms with Gasteiger partial charge in [-0.3, -0.25) is 4.79 Å². The highest BCUT2D eigenvalue weighted by atomic mass is 16.5. The van der Waals surface area contributed by atoms with E-state index >= 15 is 0 Å². The van der Waals surface area contributed by atoms with Gasteiger partial charge >= 0.3 is 5.97 Å². The van der Waals surface area contributed by atoms with Gasteiger partial charge in [0.25, 0.3) is 5.91 Å². The van der Waals surface area contributed by atoms with Crippen molar-refractivity contribution in [2.24, 2.45) is 7.05 Å². The Morgan fingerprint density at radius 3 is 2.59 bits per heavy atom. The van der Waals surface area contributed by atoms with Crippen LogP contribution in [0.25, 0.3) is 0 Å². The molecule has 2 aromatic heterocycles. The normalized spacial score (nSPS) is 11.8. The zero-order valence-corrected chi connectivity index (χ0v) is 15.3. The van der Waals surface area contributed by atoms with Gasteiger partial charge in [-0.25, -0.2) is 9.78 Å². The monoisotopic (exact) mass is 368 g/mol. The third-order valence-electron chi connectivity index (χ3n) is 4.13. The largest absolute Gasteiger partial charge is 0.452 e. The summed E-state index contributed by atoms with van der Waals surface area (Å²) in [5, 5.41) is 6.58. The highest BCUT2D eigenvalue weighted by Gasteiger charge is 2.23. The zero-order valence-electron chi connectivity index (χ0n) is 15.3. The number of imidazole rings is 1. The van der Waals surface area contributed by atoms with E-state index in [0.29, 0.717) is 17.3 Å². The fourth-order valence-corrected chi connectivity index (χ4v) is 2.78. The minimum atomic E-state index is -0.644. The number of ether oxygens (including phenoxy) is 1. The van der Waals surface area contributed by atoms with Crippen LogP contribution in [0.3, 0.4) is 0 Å². The predicted octanol–water partition coefficient (Wildman–Crippen LogP) is 2.09. The molecule has 1 atom stereocenters. The van der Waals surface area contributed by atoms with Crippen molar-refractivity contribution in [1.29, 1.82) is 0 Å². The lowest BCUT2D eigenvalue weighted by Gasteiger charge is -2.19. The van der Waals surface area contributed by atoms with Crippen molar-refractivity contribution in [2.75, 3.05) is 6.61 Å². The lowest BCUT2D eigenvalue weighted by Crippen LogP contribution is -2.34. The molecule has 1 amide bonds. The Kier molecular flexibility index (Phi) is 5.35. The number of carbonyl (C=O) groups is 2. The number of nitrogens with zero attached hydrogens (tertiary/aromatic N) is 3. The van der Waals surface area contributed by atoms with Gasteiger partial charge in [0.1, 0.15) is 23.2 Å². The van der Waals surface area contributed by atoms with Crippen LogP contribution in [0.2, 0.25) is 0 Å². The molecular weight excluding hydrogens is 348 g/mol. The van der Waals surface area contributed by atoms with Gasteiger partial charge in [0.15, 0.2) is 6.61 Å². The molecule has 0 aliphatic heterocycles. The number of amides is 1. The zero-order chi connectivity index (χ0) is 19.4. The molecule has 0 bridgehead atoms. The lowest BCUT2D eigenvalue weighted by atomic mass is 10.1. The van der Waals surface area contributed by atoms with Gasteiger partial charge < -0.3 is 19.1 Å². The van der Waals surface area contributed by atoms with Crippen LogP contribution in [0.1, 0.15) is 39.2 Å². The molecule has 0 fully saturated rings. The lowest BCUT2D eigenvalue weighted by molar-refractivity contribution is -0.124. The molecule has 140 valence electrons. The third-order valence-corrected chi connectivity index (χ3v) is 4.13. The summed E-state index contributed by atoms with van der Waals surface area (Å²) >= 11 is 0. The molecule has 0 spiro atoms. The molecule has 0 aliphatic rings. The number of carbonyl (C=O) groups excluding carboxylic acids is 2. The molecule has 1 aromatic carbocycles. The van der Waals surface area contributed by atoms with Crippen molar-refractivity contribution < 1.29 is 18.8 Å². The highest BCUT2D eigenvalue weighted by molar-refractivity contribution is 5.93. The van der Waals surface area contributed by atoms with Gasteiger partial charge in [-0.05, 0) is 19.4 Å². The molecule has 3 rings (SSSR count). The highest BCUT2D eigenvalue weighted by Crippen LogP contribution is 2.20. The van der Waals surface area contributed by atoms with Crippen LogP contribution in [0, 0.1) is 13.8 Å². The number of benzene rings is 1. The van der Waals surface area contributed by atoms with E-state index in [-0.39, 0.29) is 5.56 Å². The Morgan fingerprint density at radius 1 is 1.26 bits per heavy atom. The second kappa shape index (κ2) is 7.86. The maximum absolute atomic E-state index is 12.4. The Bertz CT molecular complexity index is 926. The van der Waals surface area contributed by atoms with E-state index in [2.05, 4.69) is 15.5 Å².